The first-order valence-electron chi connectivity index (χ1n) is 6.50. The molecule has 0 spiro atoms. The smallest absolute Gasteiger partial charge is 0.0766 e. The maximum Gasteiger partial charge on any atom is 0.0766 e. The molecular weight excluding hydrogens is 230 g/mol. The van der Waals surface area contributed by atoms with E-state index in [1.807, 2.05) is 25.2 Å². The zero-order valence-electron chi connectivity index (χ0n) is 11.4. The quantitative estimate of drug-likeness (QED) is 0.784. The summed E-state index contributed by atoms with van der Waals surface area (Å²) in [5.41, 5.74) is -0.542. The lowest BCUT2D eigenvalue weighted by molar-refractivity contribution is 0.0304. The van der Waals surface area contributed by atoms with Gasteiger partial charge in [0.2, 0.25) is 0 Å². The second-order valence-electron chi connectivity index (χ2n) is 4.93. The SMILES string of the molecule is CCC(O)(CC)CNC(C)Cc1ccc(C)s1. The van der Waals surface area contributed by atoms with Crippen LogP contribution in [0, 0.1) is 6.92 Å². The molecular formula is C14H25NOS. The third-order valence-corrected chi connectivity index (χ3v) is 4.42. The van der Waals surface area contributed by atoms with Crippen LogP contribution in [0.2, 0.25) is 0 Å². The van der Waals surface area contributed by atoms with Gasteiger partial charge in [-0.3, -0.25) is 0 Å². The highest BCUT2D eigenvalue weighted by Gasteiger charge is 2.22. The van der Waals surface area contributed by atoms with Gasteiger partial charge < -0.3 is 10.4 Å². The monoisotopic (exact) mass is 255 g/mol. The Morgan fingerprint density at radius 2 is 2.00 bits per heavy atom. The Hall–Kier alpha value is -0.380. The van der Waals surface area contributed by atoms with Gasteiger partial charge in [0, 0.05) is 22.3 Å². The molecule has 2 nitrogen and oxygen atoms in total. The molecule has 0 saturated carbocycles. The van der Waals surface area contributed by atoms with Crippen molar-refractivity contribution in [3.05, 3.63) is 21.9 Å². The van der Waals surface area contributed by atoms with Crippen LogP contribution in [0.3, 0.4) is 0 Å². The second-order valence-corrected chi connectivity index (χ2v) is 6.30. The van der Waals surface area contributed by atoms with Crippen LogP contribution in [-0.4, -0.2) is 23.3 Å². The van der Waals surface area contributed by atoms with Gasteiger partial charge in [0.05, 0.1) is 5.60 Å². The number of hydrogen-bond donors (Lipinski definition) is 2. The molecule has 0 aliphatic rings. The number of aryl methyl sites for hydroxylation is 1. The van der Waals surface area contributed by atoms with Gasteiger partial charge in [-0.1, -0.05) is 13.8 Å². The lowest BCUT2D eigenvalue weighted by Crippen LogP contribution is -2.43. The molecule has 1 atom stereocenters. The molecule has 3 heteroatoms. The summed E-state index contributed by atoms with van der Waals surface area (Å²) >= 11 is 1.86. The molecule has 1 unspecified atom stereocenters. The van der Waals surface area contributed by atoms with Crippen molar-refractivity contribution >= 4 is 11.3 Å². The molecule has 1 heterocycles. The Labute approximate surface area is 109 Å². The summed E-state index contributed by atoms with van der Waals surface area (Å²) in [6.45, 7) is 9.09. The van der Waals surface area contributed by atoms with E-state index in [1.54, 1.807) is 0 Å². The fourth-order valence-corrected chi connectivity index (χ4v) is 2.85. The summed E-state index contributed by atoms with van der Waals surface area (Å²) in [7, 11) is 0. The largest absolute Gasteiger partial charge is 0.389 e. The average Bonchev–Trinajstić information content (AvgIpc) is 2.72. The third-order valence-electron chi connectivity index (χ3n) is 3.40. The van der Waals surface area contributed by atoms with Crippen molar-refractivity contribution in [2.75, 3.05) is 6.54 Å². The van der Waals surface area contributed by atoms with Crippen molar-refractivity contribution in [3.63, 3.8) is 0 Å². The minimum atomic E-state index is -0.542. The highest BCUT2D eigenvalue weighted by atomic mass is 32.1. The van der Waals surface area contributed by atoms with Crippen molar-refractivity contribution in [3.8, 4) is 0 Å². The minimum absolute atomic E-state index is 0.415. The number of hydrogen-bond acceptors (Lipinski definition) is 3. The van der Waals surface area contributed by atoms with Crippen LogP contribution in [-0.2, 0) is 6.42 Å². The predicted octanol–water partition coefficient (Wildman–Crippen LogP) is 3.13. The average molecular weight is 255 g/mol. The topological polar surface area (TPSA) is 32.3 Å². The van der Waals surface area contributed by atoms with E-state index in [2.05, 4.69) is 31.3 Å². The summed E-state index contributed by atoms with van der Waals surface area (Å²) in [4.78, 5) is 2.78. The molecule has 2 N–H and O–H groups in total. The summed E-state index contributed by atoms with van der Waals surface area (Å²) in [5, 5.41) is 13.6. The van der Waals surface area contributed by atoms with Gasteiger partial charge in [-0.05, 0) is 45.2 Å². The molecule has 1 rings (SSSR count). The zero-order chi connectivity index (χ0) is 12.9. The van der Waals surface area contributed by atoms with Crippen LogP contribution in [0.1, 0.15) is 43.4 Å². The highest BCUT2D eigenvalue weighted by molar-refractivity contribution is 7.11. The van der Waals surface area contributed by atoms with Crippen molar-refractivity contribution in [1.82, 2.24) is 5.32 Å². The normalized spacial score (nSPS) is 13.9. The van der Waals surface area contributed by atoms with E-state index in [0.717, 1.165) is 19.3 Å². The highest BCUT2D eigenvalue weighted by Crippen LogP contribution is 2.17. The van der Waals surface area contributed by atoms with Gasteiger partial charge in [-0.15, -0.1) is 11.3 Å². The van der Waals surface area contributed by atoms with Gasteiger partial charge >= 0.3 is 0 Å². The number of nitrogens with one attached hydrogen (secondary N) is 1. The van der Waals surface area contributed by atoms with E-state index in [9.17, 15) is 5.11 Å². The minimum Gasteiger partial charge on any atom is -0.389 e. The first kappa shape index (κ1) is 14.7. The zero-order valence-corrected chi connectivity index (χ0v) is 12.2. The molecule has 0 aromatic carbocycles. The Balaban J connectivity index is 2.37. The van der Waals surface area contributed by atoms with Gasteiger partial charge in [-0.25, -0.2) is 0 Å². The van der Waals surface area contributed by atoms with E-state index in [1.165, 1.54) is 9.75 Å². The Morgan fingerprint density at radius 1 is 1.35 bits per heavy atom. The molecule has 0 aliphatic carbocycles. The molecule has 0 bridgehead atoms. The van der Waals surface area contributed by atoms with Crippen LogP contribution in [0.15, 0.2) is 12.1 Å². The van der Waals surface area contributed by atoms with Crippen LogP contribution >= 0.6 is 11.3 Å². The number of thiophene rings is 1. The fourth-order valence-electron chi connectivity index (χ4n) is 1.83. The molecule has 0 aliphatic heterocycles. The Morgan fingerprint density at radius 3 is 2.47 bits per heavy atom. The maximum atomic E-state index is 10.2. The van der Waals surface area contributed by atoms with E-state index in [4.69, 9.17) is 0 Å². The predicted molar refractivity (Wildman–Crippen MR) is 75.8 cm³/mol. The molecule has 0 fully saturated rings. The first-order valence-corrected chi connectivity index (χ1v) is 7.32. The Bertz CT molecular complexity index is 331. The molecule has 0 amide bonds. The summed E-state index contributed by atoms with van der Waals surface area (Å²) < 4.78 is 0. The Kier molecular flexibility index (Phi) is 5.63. The molecule has 1 aromatic heterocycles. The van der Waals surface area contributed by atoms with E-state index in [-0.39, 0.29) is 0 Å². The number of rotatable bonds is 7. The summed E-state index contributed by atoms with van der Waals surface area (Å²) in [5.74, 6) is 0. The summed E-state index contributed by atoms with van der Waals surface area (Å²) in [6.07, 6.45) is 2.66. The van der Waals surface area contributed by atoms with Crippen LogP contribution in [0.4, 0.5) is 0 Å². The van der Waals surface area contributed by atoms with E-state index in [0.29, 0.717) is 12.6 Å². The van der Waals surface area contributed by atoms with Gasteiger partial charge in [-0.2, -0.15) is 0 Å². The molecule has 17 heavy (non-hydrogen) atoms. The van der Waals surface area contributed by atoms with E-state index < -0.39 is 5.60 Å². The van der Waals surface area contributed by atoms with Crippen LogP contribution in [0.5, 0.6) is 0 Å². The van der Waals surface area contributed by atoms with Crippen molar-refractivity contribution in [2.45, 2.75) is 58.6 Å². The van der Waals surface area contributed by atoms with Crippen molar-refractivity contribution in [2.24, 2.45) is 0 Å². The van der Waals surface area contributed by atoms with Crippen molar-refractivity contribution in [1.29, 1.82) is 0 Å². The van der Waals surface area contributed by atoms with Crippen LogP contribution < -0.4 is 5.32 Å². The van der Waals surface area contributed by atoms with Crippen LogP contribution in [0.25, 0.3) is 0 Å². The van der Waals surface area contributed by atoms with Gasteiger partial charge in [0.25, 0.3) is 0 Å². The second kappa shape index (κ2) is 6.53. The standard InChI is InChI=1S/C14H25NOS/c1-5-14(16,6-2)10-15-11(3)9-13-8-7-12(4)17-13/h7-8,11,15-16H,5-6,9-10H2,1-4H3. The summed E-state index contributed by atoms with van der Waals surface area (Å²) in [6, 6.07) is 4.78. The van der Waals surface area contributed by atoms with Crippen molar-refractivity contribution < 1.29 is 5.11 Å². The molecule has 0 saturated heterocycles. The molecule has 0 radical (unpaired) electrons. The molecule has 98 valence electrons. The third kappa shape index (κ3) is 4.78. The number of aliphatic hydroxyl groups is 1. The fraction of sp³-hybridized carbons (Fsp3) is 0.714. The van der Waals surface area contributed by atoms with Gasteiger partial charge in [0.15, 0.2) is 0 Å². The lowest BCUT2D eigenvalue weighted by Gasteiger charge is -2.27. The van der Waals surface area contributed by atoms with Gasteiger partial charge in [0.1, 0.15) is 0 Å². The lowest BCUT2D eigenvalue weighted by atomic mass is 9.97. The first-order chi connectivity index (χ1) is 7.99. The van der Waals surface area contributed by atoms with E-state index >= 15 is 0 Å². The molecule has 1 aromatic rings. The maximum absolute atomic E-state index is 10.2.